The van der Waals surface area contributed by atoms with Gasteiger partial charge in [-0.3, -0.25) is 4.99 Å². The van der Waals surface area contributed by atoms with Gasteiger partial charge in [-0.25, -0.2) is 4.98 Å². The zero-order valence-electron chi connectivity index (χ0n) is 17.0. The highest BCUT2D eigenvalue weighted by molar-refractivity contribution is 7.19. The summed E-state index contributed by atoms with van der Waals surface area (Å²) in [6.07, 6.45) is 1.23. The number of nitrogens with zero attached hydrogens (tertiary/aromatic N) is 3. The molecule has 7 nitrogen and oxygen atoms in total. The Bertz CT molecular complexity index is 967. The summed E-state index contributed by atoms with van der Waals surface area (Å²) in [6.45, 7) is 4.12. The molecular formula is C22H27N5O2S. The molecule has 158 valence electrons. The minimum Gasteiger partial charge on any atom is -0.386 e. The first-order chi connectivity index (χ1) is 14.7. The maximum atomic E-state index is 10.6. The lowest BCUT2D eigenvalue weighted by molar-refractivity contribution is 0.122. The van der Waals surface area contributed by atoms with Crippen LogP contribution < -0.4 is 15.5 Å². The molecule has 3 N–H and O–H groups in total. The first-order valence-electron chi connectivity index (χ1n) is 10.1. The Labute approximate surface area is 180 Å². The summed E-state index contributed by atoms with van der Waals surface area (Å²) >= 11 is 1.62. The molecular weight excluding hydrogens is 398 g/mol. The van der Waals surface area contributed by atoms with Crippen molar-refractivity contribution in [3.8, 4) is 0 Å². The van der Waals surface area contributed by atoms with Crippen LogP contribution in [0, 0.1) is 0 Å². The van der Waals surface area contributed by atoms with E-state index in [1.54, 1.807) is 18.4 Å². The number of thiophene rings is 1. The van der Waals surface area contributed by atoms with Crippen LogP contribution in [0.5, 0.6) is 0 Å². The molecule has 1 aliphatic heterocycles. The van der Waals surface area contributed by atoms with Gasteiger partial charge in [0.25, 0.3) is 0 Å². The van der Waals surface area contributed by atoms with Crippen LogP contribution in [0.25, 0.3) is 10.1 Å². The third-order valence-electron chi connectivity index (χ3n) is 5.08. The van der Waals surface area contributed by atoms with Gasteiger partial charge < -0.3 is 25.4 Å². The molecule has 1 aromatic carbocycles. The third kappa shape index (κ3) is 4.89. The maximum absolute atomic E-state index is 10.6. The molecule has 1 fully saturated rings. The number of aliphatic hydroxyl groups excluding tert-OH is 1. The normalized spacial score (nSPS) is 15.9. The number of pyridine rings is 1. The van der Waals surface area contributed by atoms with Crippen molar-refractivity contribution >= 4 is 33.2 Å². The Kier molecular flexibility index (Phi) is 6.78. The van der Waals surface area contributed by atoms with Gasteiger partial charge >= 0.3 is 0 Å². The molecule has 0 bridgehead atoms. The van der Waals surface area contributed by atoms with Crippen molar-refractivity contribution in [2.24, 2.45) is 4.99 Å². The van der Waals surface area contributed by atoms with Crippen molar-refractivity contribution in [1.82, 2.24) is 15.6 Å². The van der Waals surface area contributed by atoms with Gasteiger partial charge in [0.15, 0.2) is 5.96 Å². The quantitative estimate of drug-likeness (QED) is 0.416. The Hall–Kier alpha value is -2.68. The second kappa shape index (κ2) is 9.88. The molecule has 1 atom stereocenters. The summed E-state index contributed by atoms with van der Waals surface area (Å²) in [7, 11) is 1.73. The van der Waals surface area contributed by atoms with Crippen molar-refractivity contribution in [3.05, 3.63) is 59.1 Å². The fraction of sp³-hybridized carbons (Fsp3) is 0.364. The molecule has 0 amide bonds. The molecule has 3 heterocycles. The lowest BCUT2D eigenvalue weighted by atomic mass is 10.2. The number of anilines is 1. The number of aliphatic imine (C=N–C) groups is 1. The van der Waals surface area contributed by atoms with E-state index in [2.05, 4.69) is 43.7 Å². The van der Waals surface area contributed by atoms with E-state index in [-0.39, 0.29) is 0 Å². The average Bonchev–Trinajstić information content (AvgIpc) is 3.24. The highest BCUT2D eigenvalue weighted by Crippen LogP contribution is 2.29. The van der Waals surface area contributed by atoms with Gasteiger partial charge in [-0.1, -0.05) is 24.3 Å². The number of aromatic nitrogens is 1. The van der Waals surface area contributed by atoms with E-state index in [0.29, 0.717) is 19.0 Å². The number of hydrogen-bond donors (Lipinski definition) is 3. The Morgan fingerprint density at radius 1 is 1.23 bits per heavy atom. The standard InChI is InChI=1S/C22H27N5O2S/c1-23-22(26-15-18(28)20-13-16-5-2-3-7-19(16)30-20)25-14-17-6-4-8-24-21(17)27-9-11-29-12-10-27/h2-8,13,18,28H,9-12,14-15H2,1H3,(H2,23,25,26). The van der Waals surface area contributed by atoms with Crippen molar-refractivity contribution in [2.45, 2.75) is 12.6 Å². The van der Waals surface area contributed by atoms with E-state index < -0.39 is 6.10 Å². The van der Waals surface area contributed by atoms with Crippen molar-refractivity contribution in [1.29, 1.82) is 0 Å². The lowest BCUT2D eigenvalue weighted by Crippen LogP contribution is -2.40. The molecule has 3 aromatic rings. The van der Waals surface area contributed by atoms with Crippen LogP contribution >= 0.6 is 11.3 Å². The van der Waals surface area contributed by atoms with E-state index in [4.69, 9.17) is 4.74 Å². The predicted octanol–water partition coefficient (Wildman–Crippen LogP) is 2.53. The van der Waals surface area contributed by atoms with Crippen LogP contribution in [0.3, 0.4) is 0 Å². The Balaban J connectivity index is 1.34. The number of fused-ring (bicyclic) bond motifs is 1. The molecule has 8 heteroatoms. The van der Waals surface area contributed by atoms with Crippen LogP contribution in [0.2, 0.25) is 0 Å². The van der Waals surface area contributed by atoms with Gasteiger partial charge in [0, 0.05) is 54.6 Å². The van der Waals surface area contributed by atoms with Gasteiger partial charge in [-0.15, -0.1) is 11.3 Å². The van der Waals surface area contributed by atoms with Crippen molar-refractivity contribution < 1.29 is 9.84 Å². The zero-order valence-corrected chi connectivity index (χ0v) is 17.9. The van der Waals surface area contributed by atoms with Gasteiger partial charge in [0.1, 0.15) is 11.9 Å². The Morgan fingerprint density at radius 3 is 2.87 bits per heavy atom. The number of nitrogens with one attached hydrogen (secondary N) is 2. The smallest absolute Gasteiger partial charge is 0.191 e. The first kappa shape index (κ1) is 20.6. The minimum atomic E-state index is -0.594. The number of morpholine rings is 1. The third-order valence-corrected chi connectivity index (χ3v) is 6.30. The van der Waals surface area contributed by atoms with Crippen LogP contribution in [0.4, 0.5) is 5.82 Å². The summed E-state index contributed by atoms with van der Waals surface area (Å²) in [4.78, 5) is 12.1. The largest absolute Gasteiger partial charge is 0.386 e. The number of ether oxygens (including phenoxy) is 1. The van der Waals surface area contributed by atoms with Gasteiger partial charge in [0.2, 0.25) is 0 Å². The molecule has 30 heavy (non-hydrogen) atoms. The number of benzene rings is 1. The van der Waals surface area contributed by atoms with Gasteiger partial charge in [-0.2, -0.15) is 0 Å². The summed E-state index contributed by atoms with van der Waals surface area (Å²) in [5, 5.41) is 18.3. The summed E-state index contributed by atoms with van der Waals surface area (Å²) in [5.74, 6) is 1.63. The minimum absolute atomic E-state index is 0.385. The highest BCUT2D eigenvalue weighted by atomic mass is 32.1. The molecule has 0 spiro atoms. The van der Waals surface area contributed by atoms with Crippen LogP contribution in [0.15, 0.2) is 53.7 Å². The maximum Gasteiger partial charge on any atom is 0.191 e. The fourth-order valence-electron chi connectivity index (χ4n) is 3.49. The number of hydrogen-bond acceptors (Lipinski definition) is 6. The average molecular weight is 426 g/mol. The second-order valence-electron chi connectivity index (χ2n) is 7.09. The van der Waals surface area contributed by atoms with Crippen LogP contribution in [0.1, 0.15) is 16.5 Å². The molecule has 1 aliphatic rings. The van der Waals surface area contributed by atoms with E-state index in [9.17, 15) is 5.11 Å². The van der Waals surface area contributed by atoms with E-state index >= 15 is 0 Å². The number of aliphatic hydroxyl groups is 1. The zero-order chi connectivity index (χ0) is 20.8. The van der Waals surface area contributed by atoms with E-state index in [0.717, 1.165) is 47.9 Å². The molecule has 1 saturated heterocycles. The molecule has 4 rings (SSSR count). The first-order valence-corrected chi connectivity index (χ1v) is 10.9. The number of guanidine groups is 1. The van der Waals surface area contributed by atoms with Gasteiger partial charge in [-0.05, 0) is 23.6 Å². The molecule has 0 aliphatic carbocycles. The monoisotopic (exact) mass is 425 g/mol. The topological polar surface area (TPSA) is 82.0 Å². The number of rotatable bonds is 6. The van der Waals surface area contributed by atoms with E-state index in [1.165, 1.54) is 4.70 Å². The second-order valence-corrected chi connectivity index (χ2v) is 8.21. The highest BCUT2D eigenvalue weighted by Gasteiger charge is 2.16. The lowest BCUT2D eigenvalue weighted by Gasteiger charge is -2.29. The summed E-state index contributed by atoms with van der Waals surface area (Å²) < 4.78 is 6.63. The van der Waals surface area contributed by atoms with Gasteiger partial charge in [0.05, 0.1) is 13.2 Å². The van der Waals surface area contributed by atoms with Crippen LogP contribution in [-0.4, -0.2) is 55.9 Å². The Morgan fingerprint density at radius 2 is 2.07 bits per heavy atom. The van der Waals surface area contributed by atoms with Crippen molar-refractivity contribution in [3.63, 3.8) is 0 Å². The summed E-state index contributed by atoms with van der Waals surface area (Å²) in [6, 6.07) is 14.2. The molecule has 1 unspecified atom stereocenters. The molecule has 2 aromatic heterocycles. The van der Waals surface area contributed by atoms with Crippen molar-refractivity contribution in [2.75, 3.05) is 44.8 Å². The molecule has 0 saturated carbocycles. The van der Waals surface area contributed by atoms with E-state index in [1.807, 2.05) is 30.5 Å². The predicted molar refractivity (Wildman–Crippen MR) is 122 cm³/mol. The summed E-state index contributed by atoms with van der Waals surface area (Å²) in [5.41, 5.74) is 1.10. The SMILES string of the molecule is CN=C(NCc1cccnc1N1CCOCC1)NCC(O)c1cc2ccccc2s1. The molecule has 0 radical (unpaired) electrons. The fourth-order valence-corrected chi connectivity index (χ4v) is 4.54. The van der Waals surface area contributed by atoms with Crippen LogP contribution in [-0.2, 0) is 11.3 Å².